The molecular formula is C27H44O4. The summed E-state index contributed by atoms with van der Waals surface area (Å²) in [5, 5.41) is 11.9. The largest absolute Gasteiger partial charge is 0.393 e. The van der Waals surface area contributed by atoms with Crippen LogP contribution in [0.3, 0.4) is 0 Å². The van der Waals surface area contributed by atoms with Gasteiger partial charge in [-0.3, -0.25) is 0 Å². The molecule has 5 aliphatic rings. The Morgan fingerprint density at radius 2 is 1.65 bits per heavy atom. The van der Waals surface area contributed by atoms with Crippen molar-refractivity contribution in [1.29, 1.82) is 0 Å². The number of ether oxygens (including phenoxy) is 3. The monoisotopic (exact) mass is 432 g/mol. The molecule has 1 heterocycles. The average molecular weight is 433 g/mol. The van der Waals surface area contributed by atoms with Crippen molar-refractivity contribution >= 4 is 0 Å². The Labute approximate surface area is 189 Å². The van der Waals surface area contributed by atoms with Gasteiger partial charge in [0.2, 0.25) is 0 Å². The van der Waals surface area contributed by atoms with E-state index in [-0.39, 0.29) is 35.4 Å². The first-order valence-electron chi connectivity index (χ1n) is 12.6. The van der Waals surface area contributed by atoms with Gasteiger partial charge in [0.1, 0.15) is 0 Å². The normalized spacial score (nSPS) is 55.5. The fraction of sp³-hybridized carbons (Fsp3) is 0.926. The molecule has 4 aliphatic carbocycles. The van der Waals surface area contributed by atoms with E-state index in [0.29, 0.717) is 22.7 Å². The van der Waals surface area contributed by atoms with Gasteiger partial charge in [0.05, 0.1) is 6.10 Å². The lowest BCUT2D eigenvalue weighted by atomic mass is 9.34. The smallest absolute Gasteiger partial charge is 0.183 e. The number of allylic oxidation sites excluding steroid dienone is 1. The lowest BCUT2D eigenvalue weighted by molar-refractivity contribution is -0.255. The third kappa shape index (κ3) is 2.74. The highest BCUT2D eigenvalue weighted by Gasteiger charge is 2.70. The molecule has 3 saturated carbocycles. The molecule has 0 aromatic carbocycles. The molecule has 0 unspecified atom stereocenters. The Morgan fingerprint density at radius 1 is 0.935 bits per heavy atom. The first kappa shape index (κ1) is 22.4. The summed E-state index contributed by atoms with van der Waals surface area (Å²) in [7, 11) is 3.43. The lowest BCUT2D eigenvalue weighted by Crippen LogP contribution is -2.66. The maximum atomic E-state index is 11.9. The first-order valence-corrected chi connectivity index (χ1v) is 12.6. The van der Waals surface area contributed by atoms with E-state index >= 15 is 0 Å². The molecule has 0 amide bonds. The zero-order valence-corrected chi connectivity index (χ0v) is 20.7. The Morgan fingerprint density at radius 3 is 2.32 bits per heavy atom. The molecular weight excluding hydrogens is 388 g/mol. The van der Waals surface area contributed by atoms with Crippen molar-refractivity contribution in [2.75, 3.05) is 14.2 Å². The molecule has 1 aliphatic heterocycles. The quantitative estimate of drug-likeness (QED) is 0.582. The summed E-state index contributed by atoms with van der Waals surface area (Å²) in [5.74, 6) is 1.82. The number of rotatable bonds is 2. The van der Waals surface area contributed by atoms with Crippen LogP contribution in [0.15, 0.2) is 11.6 Å². The number of fused-ring (bicyclic) bond motifs is 7. The van der Waals surface area contributed by atoms with Gasteiger partial charge in [-0.25, -0.2) is 0 Å². The maximum absolute atomic E-state index is 11.9. The van der Waals surface area contributed by atoms with Crippen LogP contribution in [0.1, 0.15) is 79.6 Å². The predicted molar refractivity (Wildman–Crippen MR) is 121 cm³/mol. The minimum atomic E-state index is -0.349. The Kier molecular flexibility index (Phi) is 5.08. The van der Waals surface area contributed by atoms with Gasteiger partial charge in [0, 0.05) is 25.6 Å². The second kappa shape index (κ2) is 7.04. The average Bonchev–Trinajstić information content (AvgIpc) is 3.08. The van der Waals surface area contributed by atoms with Crippen LogP contribution >= 0.6 is 0 Å². The molecule has 0 aromatic heterocycles. The SMILES string of the molecule is CO[C@@H]1O[C@@H](OC)[C@H]2C1=CC[C@H]1[C@]3(C)CC[C@H]4C(C)(C)CCC[C@]4(C)[C@H]3C[C@@H](O)[C@]21C. The summed E-state index contributed by atoms with van der Waals surface area (Å²) in [6, 6.07) is 0. The summed E-state index contributed by atoms with van der Waals surface area (Å²) >= 11 is 0. The van der Waals surface area contributed by atoms with Gasteiger partial charge < -0.3 is 19.3 Å². The van der Waals surface area contributed by atoms with E-state index in [9.17, 15) is 5.11 Å². The standard InChI is InChI=1S/C27H44O4/c1-24(2)12-8-13-25(3)17(24)11-14-26(4)18-10-9-16-21(23(30-7)31-22(16)29-6)27(18,5)20(28)15-19(25)26/h9,17-23,28H,8,10-15H2,1-7H3/t17-,18-,19+,20+,21+,22+,23+,25-,26-,27+/m0/s1. The van der Waals surface area contributed by atoms with E-state index in [1.807, 2.05) is 0 Å². The molecule has 0 aromatic rings. The highest BCUT2D eigenvalue weighted by atomic mass is 16.8. The number of aliphatic hydroxyl groups is 1. The summed E-state index contributed by atoms with van der Waals surface area (Å²) in [5.41, 5.74) is 1.90. The van der Waals surface area contributed by atoms with Gasteiger partial charge in [0.25, 0.3) is 0 Å². The lowest BCUT2D eigenvalue weighted by Gasteiger charge is -2.70. The minimum absolute atomic E-state index is 0.0577. The van der Waals surface area contributed by atoms with Crippen LogP contribution in [0.4, 0.5) is 0 Å². The summed E-state index contributed by atoms with van der Waals surface area (Å²) in [6.07, 6.45) is 9.84. The number of hydrogen-bond acceptors (Lipinski definition) is 4. The second-order valence-electron chi connectivity index (χ2n) is 12.9. The van der Waals surface area contributed by atoms with E-state index < -0.39 is 0 Å². The van der Waals surface area contributed by atoms with E-state index in [1.165, 1.54) is 37.7 Å². The summed E-state index contributed by atoms with van der Waals surface area (Å²) in [6.45, 7) is 12.5. The number of hydrogen-bond donors (Lipinski definition) is 1. The van der Waals surface area contributed by atoms with Crippen molar-refractivity contribution in [2.24, 2.45) is 45.3 Å². The van der Waals surface area contributed by atoms with Crippen molar-refractivity contribution in [3.05, 3.63) is 11.6 Å². The molecule has 4 fully saturated rings. The molecule has 1 N–H and O–H groups in total. The summed E-state index contributed by atoms with van der Waals surface area (Å²) in [4.78, 5) is 0. The first-order chi connectivity index (χ1) is 14.5. The second-order valence-corrected chi connectivity index (χ2v) is 12.9. The van der Waals surface area contributed by atoms with Crippen LogP contribution < -0.4 is 0 Å². The van der Waals surface area contributed by atoms with Gasteiger partial charge in [-0.05, 0) is 78.1 Å². The molecule has 176 valence electrons. The van der Waals surface area contributed by atoms with Crippen molar-refractivity contribution < 1.29 is 19.3 Å². The number of aliphatic hydroxyl groups excluding tert-OH is 1. The van der Waals surface area contributed by atoms with Crippen LogP contribution in [-0.4, -0.2) is 38.0 Å². The van der Waals surface area contributed by atoms with Gasteiger partial charge in [-0.2, -0.15) is 0 Å². The van der Waals surface area contributed by atoms with Crippen LogP contribution in [-0.2, 0) is 14.2 Å². The Bertz CT molecular complexity index is 760. The zero-order chi connectivity index (χ0) is 22.4. The molecule has 10 atom stereocenters. The van der Waals surface area contributed by atoms with E-state index in [0.717, 1.165) is 18.8 Å². The van der Waals surface area contributed by atoms with E-state index in [2.05, 4.69) is 40.7 Å². The fourth-order valence-corrected chi connectivity index (χ4v) is 10.1. The Hall–Kier alpha value is -0.420. The maximum Gasteiger partial charge on any atom is 0.183 e. The summed E-state index contributed by atoms with van der Waals surface area (Å²) < 4.78 is 17.6. The van der Waals surface area contributed by atoms with Crippen molar-refractivity contribution in [1.82, 2.24) is 0 Å². The molecule has 4 nitrogen and oxygen atoms in total. The van der Waals surface area contributed by atoms with Crippen LogP contribution in [0.5, 0.6) is 0 Å². The number of methoxy groups -OCH3 is 2. The highest BCUT2D eigenvalue weighted by molar-refractivity contribution is 5.29. The molecule has 5 rings (SSSR count). The molecule has 0 spiro atoms. The predicted octanol–water partition coefficient (Wildman–Crippen LogP) is 5.54. The Balaban J connectivity index is 1.58. The third-order valence-electron chi connectivity index (χ3n) is 11.4. The van der Waals surface area contributed by atoms with E-state index in [1.54, 1.807) is 14.2 Å². The third-order valence-corrected chi connectivity index (χ3v) is 11.4. The van der Waals surface area contributed by atoms with Crippen molar-refractivity contribution in [3.8, 4) is 0 Å². The van der Waals surface area contributed by atoms with Crippen molar-refractivity contribution in [2.45, 2.75) is 98.2 Å². The van der Waals surface area contributed by atoms with Gasteiger partial charge >= 0.3 is 0 Å². The molecule has 31 heavy (non-hydrogen) atoms. The van der Waals surface area contributed by atoms with Gasteiger partial charge in [0.15, 0.2) is 12.6 Å². The minimum Gasteiger partial charge on any atom is -0.393 e. The molecule has 0 radical (unpaired) electrons. The zero-order valence-electron chi connectivity index (χ0n) is 20.7. The van der Waals surface area contributed by atoms with Gasteiger partial charge in [-0.15, -0.1) is 0 Å². The highest BCUT2D eigenvalue weighted by Crippen LogP contribution is 2.73. The topological polar surface area (TPSA) is 47.9 Å². The van der Waals surface area contributed by atoms with Gasteiger partial charge in [-0.1, -0.05) is 47.1 Å². The van der Waals surface area contributed by atoms with Crippen LogP contribution in [0, 0.1) is 45.3 Å². The molecule has 1 saturated heterocycles. The molecule has 4 heteroatoms. The van der Waals surface area contributed by atoms with E-state index in [4.69, 9.17) is 14.2 Å². The van der Waals surface area contributed by atoms with Crippen molar-refractivity contribution in [3.63, 3.8) is 0 Å². The van der Waals surface area contributed by atoms with Crippen LogP contribution in [0.25, 0.3) is 0 Å². The molecule has 0 bridgehead atoms. The van der Waals surface area contributed by atoms with Crippen LogP contribution in [0.2, 0.25) is 0 Å². The fourth-order valence-electron chi connectivity index (χ4n) is 10.1.